The zero-order valence-electron chi connectivity index (χ0n) is 24.8. The van der Waals surface area contributed by atoms with Gasteiger partial charge in [0.1, 0.15) is 16.2 Å². The molecule has 3 heterocycles. The van der Waals surface area contributed by atoms with E-state index in [0.29, 0.717) is 36.2 Å². The highest BCUT2D eigenvalue weighted by atomic mass is 32.2. The largest absolute Gasteiger partial charge is 0.481 e. The number of benzene rings is 1. The second kappa shape index (κ2) is 14.7. The maximum Gasteiger partial charge on any atom is 0.304 e. The summed E-state index contributed by atoms with van der Waals surface area (Å²) in [5.74, 6) is -0.498. The molecule has 12 nitrogen and oxygen atoms in total. The number of amides is 1. The normalized spacial score (nSPS) is 16.9. The van der Waals surface area contributed by atoms with E-state index < -0.39 is 21.9 Å². The van der Waals surface area contributed by atoms with Crippen LogP contribution in [0.1, 0.15) is 50.0 Å². The van der Waals surface area contributed by atoms with Crippen molar-refractivity contribution in [1.29, 1.82) is 0 Å². The fourth-order valence-electron chi connectivity index (χ4n) is 5.78. The van der Waals surface area contributed by atoms with Crippen molar-refractivity contribution in [2.75, 3.05) is 63.3 Å². The number of thiazole rings is 1. The van der Waals surface area contributed by atoms with E-state index in [0.717, 1.165) is 59.3 Å². The molecule has 3 aromatic rings. The van der Waals surface area contributed by atoms with Crippen molar-refractivity contribution < 1.29 is 32.6 Å². The van der Waals surface area contributed by atoms with Gasteiger partial charge >= 0.3 is 5.97 Å². The van der Waals surface area contributed by atoms with E-state index in [1.54, 1.807) is 12.1 Å². The molecule has 44 heavy (non-hydrogen) atoms. The molecule has 1 aliphatic carbocycles. The lowest BCUT2D eigenvalue weighted by molar-refractivity contribution is -0.137. The first kappa shape index (κ1) is 32.2. The van der Waals surface area contributed by atoms with Gasteiger partial charge in [0.2, 0.25) is 15.9 Å². The van der Waals surface area contributed by atoms with Crippen molar-refractivity contribution >= 4 is 54.5 Å². The molecular weight excluding hydrogens is 606 g/mol. The number of carbonyl (C=O) groups is 2. The van der Waals surface area contributed by atoms with E-state index in [1.165, 1.54) is 30.6 Å². The highest BCUT2D eigenvalue weighted by Gasteiger charge is 2.29. The lowest BCUT2D eigenvalue weighted by Gasteiger charge is -2.27. The molecule has 1 unspecified atom stereocenters. The highest BCUT2D eigenvalue weighted by Crippen LogP contribution is 2.36. The van der Waals surface area contributed by atoms with E-state index in [2.05, 4.69) is 15.2 Å². The average molecular weight is 646 g/mol. The predicted octanol–water partition coefficient (Wildman–Crippen LogP) is 3.94. The summed E-state index contributed by atoms with van der Waals surface area (Å²) in [7, 11) is -2.51. The summed E-state index contributed by atoms with van der Waals surface area (Å²) < 4.78 is 38.3. The molecule has 5 rings (SSSR count). The molecule has 1 aromatic carbocycles. The standard InChI is InChI=1S/C30H39N5O7S2/c1-41-17-16-35(13-12-27(36)37)44(39,40)23-8-6-22(7-9-23)24(20-21-4-2-3-5-21)28(38)33-30-31-25-10-11-26(32-29(25)43-30)34-14-18-42-19-15-34/h6-11,21,24H,2-5,12-20H2,1H3,(H,36,37)(H,31,33,38). The Morgan fingerprint density at radius 2 is 1.84 bits per heavy atom. The number of ether oxygens (including phenoxy) is 2. The van der Waals surface area contributed by atoms with Crippen LogP contribution in [0.25, 0.3) is 10.3 Å². The Morgan fingerprint density at radius 1 is 1.11 bits per heavy atom. The first-order chi connectivity index (χ1) is 21.2. The van der Waals surface area contributed by atoms with E-state index in [1.807, 2.05) is 12.1 Å². The smallest absolute Gasteiger partial charge is 0.304 e. The summed E-state index contributed by atoms with van der Waals surface area (Å²) in [4.78, 5) is 37.2. The number of methoxy groups -OCH3 is 1. The van der Waals surface area contributed by atoms with Crippen molar-refractivity contribution in [3.63, 3.8) is 0 Å². The third kappa shape index (κ3) is 7.91. The number of fused-ring (bicyclic) bond motifs is 1. The number of carbonyl (C=O) groups excluding carboxylic acids is 1. The quantitative estimate of drug-likeness (QED) is 0.264. The van der Waals surface area contributed by atoms with E-state index in [9.17, 15) is 18.0 Å². The highest BCUT2D eigenvalue weighted by molar-refractivity contribution is 7.89. The second-order valence-corrected chi connectivity index (χ2v) is 14.1. The lowest BCUT2D eigenvalue weighted by Crippen LogP contribution is -2.36. The predicted molar refractivity (Wildman–Crippen MR) is 168 cm³/mol. The molecule has 2 aromatic heterocycles. The number of morpholine rings is 1. The van der Waals surface area contributed by atoms with Crippen LogP contribution in [0, 0.1) is 5.92 Å². The first-order valence-corrected chi connectivity index (χ1v) is 17.2. The number of nitrogens with zero attached hydrogens (tertiary/aromatic N) is 4. The van der Waals surface area contributed by atoms with Crippen molar-refractivity contribution in [3.05, 3.63) is 42.0 Å². The van der Waals surface area contributed by atoms with Crippen LogP contribution in [-0.2, 0) is 29.1 Å². The summed E-state index contributed by atoms with van der Waals surface area (Å²) in [5, 5.41) is 12.6. The van der Waals surface area contributed by atoms with Gasteiger partial charge < -0.3 is 24.8 Å². The topological polar surface area (TPSA) is 151 Å². The molecule has 1 saturated heterocycles. The molecule has 1 atom stereocenters. The van der Waals surface area contributed by atoms with Gasteiger partial charge in [0.15, 0.2) is 5.13 Å². The van der Waals surface area contributed by atoms with Crippen LogP contribution in [0.3, 0.4) is 0 Å². The summed E-state index contributed by atoms with van der Waals surface area (Å²) in [6, 6.07) is 10.2. The van der Waals surface area contributed by atoms with Gasteiger partial charge in [0, 0.05) is 33.3 Å². The van der Waals surface area contributed by atoms with Gasteiger partial charge in [0.25, 0.3) is 0 Å². The Morgan fingerprint density at radius 3 is 2.52 bits per heavy atom. The van der Waals surface area contributed by atoms with Crippen molar-refractivity contribution in [2.45, 2.75) is 49.3 Å². The van der Waals surface area contributed by atoms with Crippen molar-refractivity contribution in [2.24, 2.45) is 5.92 Å². The summed E-state index contributed by atoms with van der Waals surface area (Å²) in [6.45, 7) is 2.88. The van der Waals surface area contributed by atoms with Gasteiger partial charge in [-0.1, -0.05) is 49.2 Å². The fourth-order valence-corrected chi connectivity index (χ4v) is 8.04. The molecule has 2 fully saturated rings. The Balaban J connectivity index is 1.35. The average Bonchev–Trinajstić information content (AvgIpc) is 3.69. The molecule has 2 aliphatic rings. The van der Waals surface area contributed by atoms with Crippen LogP contribution in [-0.4, -0.2) is 92.8 Å². The Bertz CT molecular complexity index is 1530. The second-order valence-electron chi connectivity index (χ2n) is 11.1. The van der Waals surface area contributed by atoms with Gasteiger partial charge in [-0.3, -0.25) is 9.59 Å². The Kier molecular flexibility index (Phi) is 10.8. The molecule has 1 aliphatic heterocycles. The lowest BCUT2D eigenvalue weighted by atomic mass is 9.87. The number of carboxylic acid groups (broad SMARTS) is 1. The number of pyridine rings is 1. The number of hydrogen-bond acceptors (Lipinski definition) is 10. The zero-order chi connectivity index (χ0) is 31.1. The van der Waals surface area contributed by atoms with Gasteiger partial charge in [-0.15, -0.1) is 0 Å². The van der Waals surface area contributed by atoms with Gasteiger partial charge in [-0.2, -0.15) is 4.31 Å². The van der Waals surface area contributed by atoms with E-state index in [-0.39, 0.29) is 36.9 Å². The molecule has 1 amide bonds. The van der Waals surface area contributed by atoms with Gasteiger partial charge in [0.05, 0.1) is 37.1 Å². The third-order valence-corrected chi connectivity index (χ3v) is 11.0. The molecule has 0 bridgehead atoms. The number of sulfonamides is 1. The Hall–Kier alpha value is -3.17. The van der Waals surface area contributed by atoms with E-state index >= 15 is 0 Å². The van der Waals surface area contributed by atoms with Crippen molar-refractivity contribution in [1.82, 2.24) is 14.3 Å². The molecule has 1 saturated carbocycles. The monoisotopic (exact) mass is 645 g/mol. The van der Waals surface area contributed by atoms with Crippen LogP contribution in [0.4, 0.5) is 10.9 Å². The molecule has 2 N–H and O–H groups in total. The minimum Gasteiger partial charge on any atom is -0.481 e. The third-order valence-electron chi connectivity index (χ3n) is 8.21. The van der Waals surface area contributed by atoms with Gasteiger partial charge in [-0.25, -0.2) is 18.4 Å². The summed E-state index contributed by atoms with van der Waals surface area (Å²) >= 11 is 1.33. The maximum atomic E-state index is 13.8. The first-order valence-electron chi connectivity index (χ1n) is 15.0. The number of aliphatic carboxylic acids is 1. The molecule has 238 valence electrons. The number of aromatic nitrogens is 2. The van der Waals surface area contributed by atoms with Crippen LogP contribution >= 0.6 is 11.3 Å². The minimum atomic E-state index is -3.97. The molecule has 14 heteroatoms. The van der Waals surface area contributed by atoms with Crippen LogP contribution in [0.2, 0.25) is 0 Å². The zero-order valence-corrected chi connectivity index (χ0v) is 26.4. The van der Waals surface area contributed by atoms with Gasteiger partial charge in [-0.05, 0) is 42.2 Å². The van der Waals surface area contributed by atoms with Crippen LogP contribution < -0.4 is 10.2 Å². The van der Waals surface area contributed by atoms with E-state index in [4.69, 9.17) is 19.6 Å². The molecule has 0 radical (unpaired) electrons. The number of anilines is 2. The fraction of sp³-hybridized carbons (Fsp3) is 0.533. The van der Waals surface area contributed by atoms with Crippen LogP contribution in [0.5, 0.6) is 0 Å². The minimum absolute atomic E-state index is 0.0333. The summed E-state index contributed by atoms with van der Waals surface area (Å²) in [5.41, 5.74) is 1.43. The number of rotatable bonds is 14. The number of carboxylic acids is 1. The number of hydrogen-bond donors (Lipinski definition) is 2. The SMILES string of the molecule is COCCN(CCC(=O)O)S(=O)(=O)c1ccc(C(CC2CCCC2)C(=O)Nc2nc3ccc(N4CCOCC4)nc3s2)cc1. The van der Waals surface area contributed by atoms with Crippen LogP contribution in [0.15, 0.2) is 41.3 Å². The summed E-state index contributed by atoms with van der Waals surface area (Å²) in [6.07, 6.45) is 4.73. The maximum absolute atomic E-state index is 13.8. The molecular formula is C30H39N5O7S2. The Labute approximate surface area is 261 Å². The molecule has 0 spiro atoms. The van der Waals surface area contributed by atoms with Crippen molar-refractivity contribution in [3.8, 4) is 0 Å². The number of nitrogens with one attached hydrogen (secondary N) is 1.